The fraction of sp³-hybridized carbons (Fsp3) is 0.458. The number of benzene rings is 2. The maximum Gasteiger partial charge on any atom is 0.265 e. The van der Waals surface area contributed by atoms with Gasteiger partial charge in [-0.3, -0.25) is 5.41 Å². The summed E-state index contributed by atoms with van der Waals surface area (Å²) in [6.45, 7) is 5.58. The van der Waals surface area contributed by atoms with Crippen LogP contribution in [0.5, 0.6) is 0 Å². The zero-order valence-electron chi connectivity index (χ0n) is 19.6. The molecule has 1 saturated heterocycles. The van der Waals surface area contributed by atoms with E-state index in [0.29, 0.717) is 0 Å². The van der Waals surface area contributed by atoms with Crippen molar-refractivity contribution in [2.45, 2.75) is 60.3 Å². The van der Waals surface area contributed by atoms with E-state index in [0.717, 1.165) is 10.4 Å². The van der Waals surface area contributed by atoms with Crippen LogP contribution in [0.1, 0.15) is 20.8 Å². The molecule has 0 amide bonds. The zero-order chi connectivity index (χ0) is 26.0. The van der Waals surface area contributed by atoms with Crippen LogP contribution in [0, 0.1) is 5.41 Å². The number of halogens is 3. The molecule has 1 aliphatic rings. The number of hydrogen-bond acceptors (Lipinski definition) is 7. The van der Waals surface area contributed by atoms with Crippen molar-refractivity contribution in [3.8, 4) is 0 Å². The van der Waals surface area contributed by atoms with E-state index in [-0.39, 0.29) is 0 Å². The Balaban J connectivity index is 2.17. The Hall–Kier alpha value is -1.20. The van der Waals surface area contributed by atoms with Crippen molar-refractivity contribution in [2.75, 3.05) is 6.61 Å². The minimum atomic E-state index is -3.22. The van der Waals surface area contributed by atoms with Crippen LogP contribution in [-0.4, -0.2) is 70.6 Å². The summed E-state index contributed by atoms with van der Waals surface area (Å²) >= 11 is 17.4. The number of alkyl halides is 3. The number of rotatable bonds is 6. The van der Waals surface area contributed by atoms with Gasteiger partial charge in [0.05, 0.1) is 6.61 Å². The van der Waals surface area contributed by atoms with Gasteiger partial charge in [-0.2, -0.15) is 0 Å². The van der Waals surface area contributed by atoms with Crippen LogP contribution in [-0.2, 0) is 13.9 Å². The van der Waals surface area contributed by atoms with Gasteiger partial charge in [-0.1, -0.05) is 116 Å². The highest BCUT2D eigenvalue weighted by Gasteiger charge is 2.56. The Kier molecular flexibility index (Phi) is 8.95. The van der Waals surface area contributed by atoms with Crippen molar-refractivity contribution in [1.29, 1.82) is 5.41 Å². The molecular formula is C24H30Cl3NO6Si. The molecule has 0 aliphatic carbocycles. The molecular weight excluding hydrogens is 533 g/mol. The fourth-order valence-electron chi connectivity index (χ4n) is 4.35. The molecule has 1 fully saturated rings. The molecule has 1 aliphatic heterocycles. The lowest BCUT2D eigenvalue weighted by Crippen LogP contribution is -2.71. The van der Waals surface area contributed by atoms with Crippen molar-refractivity contribution < 1.29 is 29.2 Å². The summed E-state index contributed by atoms with van der Waals surface area (Å²) in [6, 6.07) is 19.4. The largest absolute Gasteiger partial charge is 0.466 e. The highest BCUT2D eigenvalue weighted by atomic mass is 35.6. The number of aliphatic hydroxyl groups is 3. The zero-order valence-corrected chi connectivity index (χ0v) is 22.8. The van der Waals surface area contributed by atoms with E-state index >= 15 is 0 Å². The number of hydrogen-bond donors (Lipinski definition) is 4. The van der Waals surface area contributed by atoms with Gasteiger partial charge in [0.2, 0.25) is 5.90 Å². The summed E-state index contributed by atoms with van der Waals surface area (Å²) < 4.78 is 16.2. The second-order valence-electron chi connectivity index (χ2n) is 9.40. The summed E-state index contributed by atoms with van der Waals surface area (Å²) in [5, 5.41) is 40.7. The quantitative estimate of drug-likeness (QED) is 0.186. The summed E-state index contributed by atoms with van der Waals surface area (Å²) in [4.78, 5) is 0. The molecule has 0 radical (unpaired) electrons. The average Bonchev–Trinajstić information content (AvgIpc) is 2.81. The van der Waals surface area contributed by atoms with Crippen LogP contribution in [0.15, 0.2) is 60.7 Å². The van der Waals surface area contributed by atoms with Crippen molar-refractivity contribution >= 4 is 59.4 Å². The van der Waals surface area contributed by atoms with Crippen LogP contribution in [0.25, 0.3) is 0 Å². The first-order chi connectivity index (χ1) is 16.3. The predicted octanol–water partition coefficient (Wildman–Crippen LogP) is 2.73. The molecule has 0 aromatic heterocycles. The minimum Gasteiger partial charge on any atom is -0.466 e. The first-order valence-electron chi connectivity index (χ1n) is 11.1. The topological polar surface area (TPSA) is 112 Å². The third-order valence-electron chi connectivity index (χ3n) is 6.05. The van der Waals surface area contributed by atoms with E-state index in [1.165, 1.54) is 0 Å². The summed E-state index contributed by atoms with van der Waals surface area (Å²) in [5.74, 6) is -0.763. The van der Waals surface area contributed by atoms with E-state index in [9.17, 15) is 15.3 Å². The van der Waals surface area contributed by atoms with Crippen molar-refractivity contribution in [1.82, 2.24) is 0 Å². The Labute approximate surface area is 221 Å². The number of ether oxygens (including phenoxy) is 2. The maximum absolute atomic E-state index is 10.9. The lowest BCUT2D eigenvalue weighted by Gasteiger charge is -2.49. The standard InChI is InChI=1S/C24H30Cl3NO6Si/c1-23(2,3)35(15-10-6-4-7-11-15,16-12-8-5-9-13-16)34-21-20(33-22(28)24(25,26)27)19(31)18(30)17(14-29)32-21/h4-13,17-21,28-31H,14H2,1-3H3/t17-,18-,19+,20-,21?/m1/s1. The minimum absolute atomic E-state index is 0.456. The molecule has 4 N–H and O–H groups in total. The Morgan fingerprint density at radius 2 is 1.43 bits per heavy atom. The number of nitrogens with one attached hydrogen (secondary N) is 1. The van der Waals surface area contributed by atoms with Gasteiger partial charge in [0, 0.05) is 0 Å². The van der Waals surface area contributed by atoms with Gasteiger partial charge >= 0.3 is 0 Å². The fourth-order valence-corrected chi connectivity index (χ4v) is 9.03. The molecule has 192 valence electrons. The van der Waals surface area contributed by atoms with E-state index in [1.54, 1.807) is 0 Å². The predicted molar refractivity (Wildman–Crippen MR) is 139 cm³/mol. The molecule has 1 heterocycles. The number of aliphatic hydroxyl groups excluding tert-OH is 3. The smallest absolute Gasteiger partial charge is 0.265 e. The molecule has 0 bridgehead atoms. The van der Waals surface area contributed by atoms with Gasteiger partial charge in [-0.15, -0.1) is 0 Å². The first kappa shape index (κ1) is 28.4. The second-order valence-corrected chi connectivity index (χ2v) is 15.9. The monoisotopic (exact) mass is 561 g/mol. The Bertz CT molecular complexity index is 947. The Morgan fingerprint density at radius 1 is 0.943 bits per heavy atom. The van der Waals surface area contributed by atoms with Crippen LogP contribution >= 0.6 is 34.8 Å². The van der Waals surface area contributed by atoms with Gasteiger partial charge < -0.3 is 29.2 Å². The normalized spacial score (nSPS) is 25.8. The van der Waals surface area contributed by atoms with E-state index < -0.39 is 60.4 Å². The summed E-state index contributed by atoms with van der Waals surface area (Å²) in [6.07, 6.45) is -7.01. The third kappa shape index (κ3) is 5.87. The maximum atomic E-state index is 10.9. The third-order valence-corrected chi connectivity index (χ3v) is 11.6. The highest BCUT2D eigenvalue weighted by molar-refractivity contribution is 6.99. The SMILES string of the molecule is CC(C)(C)[Si](OC1O[C@H](CO)[C@@H](O)[C@H](O)[C@H]1OC(=N)C(Cl)(Cl)Cl)(c1ccccc1)c1ccccc1. The van der Waals surface area contributed by atoms with Gasteiger partial charge in [-0.05, 0) is 15.4 Å². The second kappa shape index (κ2) is 11.0. The average molecular weight is 563 g/mol. The first-order valence-corrected chi connectivity index (χ1v) is 14.1. The van der Waals surface area contributed by atoms with Crippen LogP contribution in [0.4, 0.5) is 0 Å². The molecule has 5 atom stereocenters. The molecule has 35 heavy (non-hydrogen) atoms. The van der Waals surface area contributed by atoms with E-state index in [4.69, 9.17) is 54.1 Å². The molecule has 7 nitrogen and oxygen atoms in total. The van der Waals surface area contributed by atoms with Gasteiger partial charge in [0.25, 0.3) is 12.1 Å². The molecule has 2 aromatic carbocycles. The molecule has 11 heteroatoms. The van der Waals surface area contributed by atoms with Crippen LogP contribution in [0.2, 0.25) is 5.04 Å². The van der Waals surface area contributed by atoms with Gasteiger partial charge in [0.1, 0.15) is 18.3 Å². The highest BCUT2D eigenvalue weighted by Crippen LogP contribution is 2.40. The van der Waals surface area contributed by atoms with Gasteiger partial charge in [-0.25, -0.2) is 0 Å². The molecule has 0 saturated carbocycles. The summed E-state index contributed by atoms with van der Waals surface area (Å²) in [7, 11) is -3.22. The van der Waals surface area contributed by atoms with Crippen molar-refractivity contribution in [3.05, 3.63) is 60.7 Å². The van der Waals surface area contributed by atoms with Crippen LogP contribution in [0.3, 0.4) is 0 Å². The van der Waals surface area contributed by atoms with Crippen molar-refractivity contribution in [2.24, 2.45) is 0 Å². The van der Waals surface area contributed by atoms with E-state index in [1.807, 2.05) is 60.7 Å². The molecule has 2 aromatic rings. The Morgan fingerprint density at radius 3 is 1.83 bits per heavy atom. The molecule has 3 rings (SSSR count). The summed E-state index contributed by atoms with van der Waals surface area (Å²) in [5.41, 5.74) is 0. The van der Waals surface area contributed by atoms with Crippen LogP contribution < -0.4 is 10.4 Å². The van der Waals surface area contributed by atoms with E-state index in [2.05, 4.69) is 20.8 Å². The molecule has 1 unspecified atom stereocenters. The molecule has 0 spiro atoms. The lowest BCUT2D eigenvalue weighted by molar-refractivity contribution is -0.277. The lowest BCUT2D eigenvalue weighted by atomic mass is 9.99. The van der Waals surface area contributed by atoms with Gasteiger partial charge in [0.15, 0.2) is 12.4 Å². The van der Waals surface area contributed by atoms with Crippen molar-refractivity contribution in [3.63, 3.8) is 0 Å².